The molecular weight excluding hydrogens is 326 g/mol. The predicted molar refractivity (Wildman–Crippen MR) is 97.4 cm³/mol. The van der Waals surface area contributed by atoms with E-state index in [2.05, 4.69) is 17.2 Å². The lowest BCUT2D eigenvalue weighted by Gasteiger charge is -2.17. The quantitative estimate of drug-likeness (QED) is 0.808. The van der Waals surface area contributed by atoms with Gasteiger partial charge in [-0.3, -0.25) is 9.78 Å². The van der Waals surface area contributed by atoms with Gasteiger partial charge in [-0.15, -0.1) is 0 Å². The number of carbonyl (C=O) groups is 1. The fourth-order valence-corrected chi connectivity index (χ4v) is 2.45. The van der Waals surface area contributed by atoms with Crippen LogP contribution in [0.1, 0.15) is 30.1 Å². The van der Waals surface area contributed by atoms with E-state index in [4.69, 9.17) is 16.3 Å². The summed E-state index contributed by atoms with van der Waals surface area (Å²) in [6.07, 6.45) is 5.26. The van der Waals surface area contributed by atoms with E-state index < -0.39 is 0 Å². The molecule has 24 heavy (non-hydrogen) atoms. The second kappa shape index (κ2) is 8.55. The van der Waals surface area contributed by atoms with Crippen LogP contribution in [-0.2, 0) is 0 Å². The molecule has 1 heterocycles. The van der Waals surface area contributed by atoms with Gasteiger partial charge in [-0.1, -0.05) is 24.9 Å². The molecule has 5 nitrogen and oxygen atoms in total. The van der Waals surface area contributed by atoms with Crippen molar-refractivity contribution in [2.45, 2.75) is 19.8 Å². The first-order valence-electron chi connectivity index (χ1n) is 7.86. The Kier molecular flexibility index (Phi) is 6.44. The van der Waals surface area contributed by atoms with Crippen molar-refractivity contribution in [3.8, 4) is 5.75 Å². The molecule has 1 aromatic heterocycles. The van der Waals surface area contributed by atoms with Crippen LogP contribution < -0.4 is 10.1 Å². The SMILES string of the molecule is CCCCN(C)C(=O)c1cncc(Nc2cc(Cl)ccc2OC)c1. The number of aromatic nitrogens is 1. The van der Waals surface area contributed by atoms with E-state index in [9.17, 15) is 4.79 Å². The minimum Gasteiger partial charge on any atom is -0.495 e. The van der Waals surface area contributed by atoms with Gasteiger partial charge < -0.3 is 15.0 Å². The molecular formula is C18H22ClN3O2. The Hall–Kier alpha value is -2.27. The van der Waals surface area contributed by atoms with Crippen LogP contribution in [0.25, 0.3) is 0 Å². The molecule has 0 unspecified atom stereocenters. The minimum atomic E-state index is -0.0438. The number of rotatable bonds is 7. The van der Waals surface area contributed by atoms with E-state index in [1.807, 2.05) is 0 Å². The summed E-state index contributed by atoms with van der Waals surface area (Å²) >= 11 is 6.04. The summed E-state index contributed by atoms with van der Waals surface area (Å²) in [4.78, 5) is 18.3. The average molecular weight is 348 g/mol. The van der Waals surface area contributed by atoms with E-state index in [1.165, 1.54) is 0 Å². The monoisotopic (exact) mass is 347 g/mol. The lowest BCUT2D eigenvalue weighted by atomic mass is 10.2. The van der Waals surface area contributed by atoms with Crippen molar-refractivity contribution in [3.63, 3.8) is 0 Å². The number of amides is 1. The lowest BCUT2D eigenvalue weighted by Crippen LogP contribution is -2.27. The number of pyridine rings is 1. The van der Waals surface area contributed by atoms with Gasteiger partial charge in [0.15, 0.2) is 0 Å². The first-order chi connectivity index (χ1) is 11.5. The number of methoxy groups -OCH3 is 1. The molecule has 0 saturated heterocycles. The van der Waals surface area contributed by atoms with Gasteiger partial charge >= 0.3 is 0 Å². The molecule has 2 aromatic rings. The maximum absolute atomic E-state index is 12.4. The normalized spacial score (nSPS) is 10.3. The molecule has 128 valence electrons. The van der Waals surface area contributed by atoms with Crippen molar-refractivity contribution in [3.05, 3.63) is 47.2 Å². The number of ether oxygens (including phenoxy) is 1. The van der Waals surface area contributed by atoms with Gasteiger partial charge in [0.05, 0.1) is 30.2 Å². The van der Waals surface area contributed by atoms with Crippen LogP contribution in [0.5, 0.6) is 5.75 Å². The Morgan fingerprint density at radius 3 is 2.83 bits per heavy atom. The van der Waals surface area contributed by atoms with Gasteiger partial charge in [0.25, 0.3) is 5.91 Å². The largest absolute Gasteiger partial charge is 0.495 e. The maximum Gasteiger partial charge on any atom is 0.255 e. The number of anilines is 2. The summed E-state index contributed by atoms with van der Waals surface area (Å²) in [5.74, 6) is 0.619. The third kappa shape index (κ3) is 4.61. The summed E-state index contributed by atoms with van der Waals surface area (Å²) in [6.45, 7) is 2.83. The van der Waals surface area contributed by atoms with Crippen LogP contribution in [0.2, 0.25) is 5.02 Å². The fourth-order valence-electron chi connectivity index (χ4n) is 2.28. The number of nitrogens with one attached hydrogen (secondary N) is 1. The summed E-state index contributed by atoms with van der Waals surface area (Å²) in [5.41, 5.74) is 1.96. The molecule has 0 fully saturated rings. The molecule has 6 heteroatoms. The Morgan fingerprint density at radius 2 is 2.12 bits per heavy atom. The fraction of sp³-hybridized carbons (Fsp3) is 0.333. The Balaban J connectivity index is 2.19. The third-order valence-corrected chi connectivity index (χ3v) is 3.85. The van der Waals surface area contributed by atoms with E-state index in [1.54, 1.807) is 55.7 Å². The average Bonchev–Trinajstić information content (AvgIpc) is 2.59. The lowest BCUT2D eigenvalue weighted by molar-refractivity contribution is 0.0793. The highest BCUT2D eigenvalue weighted by Crippen LogP contribution is 2.30. The van der Waals surface area contributed by atoms with Crippen LogP contribution in [0, 0.1) is 0 Å². The molecule has 0 radical (unpaired) electrons. The zero-order valence-corrected chi connectivity index (χ0v) is 14.9. The van der Waals surface area contributed by atoms with Crippen molar-refractivity contribution in [2.75, 3.05) is 26.0 Å². The molecule has 0 aliphatic carbocycles. The number of hydrogen-bond donors (Lipinski definition) is 1. The van der Waals surface area contributed by atoms with Crippen LogP contribution in [-0.4, -0.2) is 36.5 Å². The number of halogens is 1. The minimum absolute atomic E-state index is 0.0438. The molecule has 1 amide bonds. The summed E-state index contributed by atoms with van der Waals surface area (Å²) < 4.78 is 5.32. The smallest absolute Gasteiger partial charge is 0.255 e. The summed E-state index contributed by atoms with van der Waals surface area (Å²) in [5, 5.41) is 3.79. The van der Waals surface area contributed by atoms with E-state index in [0.717, 1.165) is 25.1 Å². The number of hydrogen-bond acceptors (Lipinski definition) is 4. The summed E-state index contributed by atoms with van der Waals surface area (Å²) in [7, 11) is 3.40. The molecule has 1 aromatic carbocycles. The topological polar surface area (TPSA) is 54.5 Å². The van der Waals surface area contributed by atoms with Crippen molar-refractivity contribution in [2.24, 2.45) is 0 Å². The molecule has 0 saturated carbocycles. The van der Waals surface area contributed by atoms with Crippen molar-refractivity contribution >= 4 is 28.9 Å². The number of carbonyl (C=O) groups excluding carboxylic acids is 1. The first kappa shape index (κ1) is 18.1. The second-order valence-electron chi connectivity index (χ2n) is 5.51. The Labute approximate surface area is 147 Å². The molecule has 2 rings (SSSR count). The van der Waals surface area contributed by atoms with E-state index in [-0.39, 0.29) is 5.91 Å². The predicted octanol–water partition coefficient (Wildman–Crippen LogP) is 4.36. The van der Waals surface area contributed by atoms with Crippen molar-refractivity contribution < 1.29 is 9.53 Å². The van der Waals surface area contributed by atoms with Crippen LogP contribution in [0.3, 0.4) is 0 Å². The Morgan fingerprint density at radius 1 is 1.33 bits per heavy atom. The number of unbranched alkanes of at least 4 members (excludes halogenated alkanes) is 1. The second-order valence-corrected chi connectivity index (χ2v) is 5.95. The van der Waals surface area contributed by atoms with Gasteiger partial charge in [-0.05, 0) is 30.7 Å². The maximum atomic E-state index is 12.4. The number of benzene rings is 1. The van der Waals surface area contributed by atoms with Crippen molar-refractivity contribution in [1.29, 1.82) is 0 Å². The highest BCUT2D eigenvalue weighted by molar-refractivity contribution is 6.31. The highest BCUT2D eigenvalue weighted by Gasteiger charge is 2.13. The zero-order chi connectivity index (χ0) is 17.5. The van der Waals surface area contributed by atoms with Gasteiger partial charge in [0.2, 0.25) is 0 Å². The van der Waals surface area contributed by atoms with Gasteiger partial charge in [-0.25, -0.2) is 0 Å². The highest BCUT2D eigenvalue weighted by atomic mass is 35.5. The molecule has 0 atom stereocenters. The Bertz CT molecular complexity index is 706. The molecule has 0 aliphatic heterocycles. The van der Waals surface area contributed by atoms with Crippen LogP contribution >= 0.6 is 11.6 Å². The van der Waals surface area contributed by atoms with Crippen molar-refractivity contribution in [1.82, 2.24) is 9.88 Å². The molecule has 0 aliphatic rings. The zero-order valence-electron chi connectivity index (χ0n) is 14.2. The van der Waals surface area contributed by atoms with Gasteiger partial charge in [-0.2, -0.15) is 0 Å². The molecule has 0 spiro atoms. The summed E-state index contributed by atoms with van der Waals surface area (Å²) in [6, 6.07) is 7.08. The van der Waals surface area contributed by atoms with E-state index >= 15 is 0 Å². The van der Waals surface area contributed by atoms with Crippen LogP contribution in [0.4, 0.5) is 11.4 Å². The number of nitrogens with zero attached hydrogens (tertiary/aromatic N) is 2. The van der Waals surface area contributed by atoms with Crippen LogP contribution in [0.15, 0.2) is 36.7 Å². The third-order valence-electron chi connectivity index (χ3n) is 3.62. The van der Waals surface area contributed by atoms with Gasteiger partial charge in [0.1, 0.15) is 5.75 Å². The standard InChI is InChI=1S/C18H22ClN3O2/c1-4-5-8-22(2)18(23)13-9-15(12-20-11-13)21-16-10-14(19)6-7-17(16)24-3/h6-7,9-12,21H,4-5,8H2,1-3H3. The van der Waals surface area contributed by atoms with Gasteiger partial charge in [0, 0.05) is 24.8 Å². The first-order valence-corrected chi connectivity index (χ1v) is 8.24. The van der Waals surface area contributed by atoms with E-state index in [0.29, 0.717) is 22.0 Å². The molecule has 0 bridgehead atoms. The molecule has 1 N–H and O–H groups in total.